The van der Waals surface area contributed by atoms with Gasteiger partial charge in [-0.25, -0.2) is 0 Å². The average molecular weight is 409 g/mol. The molecule has 0 amide bonds. The number of likely N-dealkylation sites (tertiary alicyclic amines) is 1. The van der Waals surface area contributed by atoms with Crippen LogP contribution in [0.3, 0.4) is 0 Å². The van der Waals surface area contributed by atoms with E-state index in [0.717, 1.165) is 35.0 Å². The van der Waals surface area contributed by atoms with Crippen LogP contribution in [0.25, 0.3) is 0 Å². The minimum Gasteiger partial charge on any atom is -0.481 e. The fourth-order valence-electron chi connectivity index (χ4n) is 3.35. The first-order valence-corrected chi connectivity index (χ1v) is 9.19. The molecule has 1 aliphatic rings. The third kappa shape index (κ3) is 4.00. The minimum absolute atomic E-state index is 0.0394. The molecular formula is C19H19BrClNO2. The van der Waals surface area contributed by atoms with E-state index in [4.69, 9.17) is 11.6 Å². The Hall–Kier alpha value is -1.36. The highest BCUT2D eigenvalue weighted by Crippen LogP contribution is 2.33. The standard InChI is InChI=1S/C19H19BrClNO2/c20-16-7-3-13(4-8-16)18(14-5-9-17(21)10-6-14)22-11-1-2-15(12-22)19(23)24/h3-10,15,18H,1-2,11-12H2,(H,23,24). The van der Waals surface area contributed by atoms with E-state index in [-0.39, 0.29) is 12.0 Å². The van der Waals surface area contributed by atoms with Crippen LogP contribution in [0.2, 0.25) is 5.02 Å². The Morgan fingerprint density at radius 2 is 1.71 bits per heavy atom. The molecule has 2 atom stereocenters. The van der Waals surface area contributed by atoms with Crippen molar-refractivity contribution in [2.45, 2.75) is 18.9 Å². The second-order valence-electron chi connectivity index (χ2n) is 6.18. The zero-order chi connectivity index (χ0) is 17.1. The van der Waals surface area contributed by atoms with Crippen LogP contribution in [0.15, 0.2) is 53.0 Å². The molecule has 1 heterocycles. The first kappa shape index (κ1) is 17.5. The smallest absolute Gasteiger partial charge is 0.307 e. The Morgan fingerprint density at radius 1 is 1.12 bits per heavy atom. The number of halogens is 2. The molecule has 0 bridgehead atoms. The SMILES string of the molecule is O=C(O)C1CCCN(C(c2ccc(Cl)cc2)c2ccc(Br)cc2)C1. The van der Waals surface area contributed by atoms with Gasteiger partial charge in [0.15, 0.2) is 0 Å². The lowest BCUT2D eigenvalue weighted by Gasteiger charge is -2.37. The van der Waals surface area contributed by atoms with Gasteiger partial charge in [-0.3, -0.25) is 9.69 Å². The molecule has 3 nitrogen and oxygen atoms in total. The largest absolute Gasteiger partial charge is 0.481 e. The molecular weight excluding hydrogens is 390 g/mol. The molecule has 0 radical (unpaired) electrons. The summed E-state index contributed by atoms with van der Waals surface area (Å²) in [5, 5.41) is 10.1. The molecule has 0 spiro atoms. The van der Waals surface area contributed by atoms with Gasteiger partial charge in [-0.2, -0.15) is 0 Å². The van der Waals surface area contributed by atoms with Crippen molar-refractivity contribution in [2.24, 2.45) is 5.92 Å². The highest BCUT2D eigenvalue weighted by atomic mass is 79.9. The van der Waals surface area contributed by atoms with Crippen molar-refractivity contribution >= 4 is 33.5 Å². The number of nitrogens with zero attached hydrogens (tertiary/aromatic N) is 1. The zero-order valence-electron chi connectivity index (χ0n) is 13.2. The van der Waals surface area contributed by atoms with E-state index in [9.17, 15) is 9.90 Å². The van der Waals surface area contributed by atoms with Crippen molar-refractivity contribution in [3.63, 3.8) is 0 Å². The Labute approximate surface area is 155 Å². The first-order chi connectivity index (χ1) is 11.5. The summed E-state index contributed by atoms with van der Waals surface area (Å²) in [7, 11) is 0. The van der Waals surface area contributed by atoms with E-state index in [2.05, 4.69) is 33.0 Å². The molecule has 24 heavy (non-hydrogen) atoms. The molecule has 0 aromatic heterocycles. The fourth-order valence-corrected chi connectivity index (χ4v) is 3.74. The van der Waals surface area contributed by atoms with Crippen molar-refractivity contribution in [1.82, 2.24) is 4.90 Å². The third-order valence-electron chi connectivity index (χ3n) is 4.54. The maximum Gasteiger partial charge on any atom is 0.307 e. The number of carbonyl (C=O) groups is 1. The van der Waals surface area contributed by atoms with Crippen LogP contribution in [0.1, 0.15) is 30.0 Å². The van der Waals surface area contributed by atoms with Crippen LogP contribution in [0, 0.1) is 5.92 Å². The van der Waals surface area contributed by atoms with Crippen molar-refractivity contribution in [3.8, 4) is 0 Å². The topological polar surface area (TPSA) is 40.5 Å². The van der Waals surface area contributed by atoms with Gasteiger partial charge in [-0.15, -0.1) is 0 Å². The molecule has 2 aromatic rings. The zero-order valence-corrected chi connectivity index (χ0v) is 15.5. The normalized spacial score (nSPS) is 19.8. The van der Waals surface area contributed by atoms with Crippen molar-refractivity contribution in [1.29, 1.82) is 0 Å². The Balaban J connectivity index is 1.96. The third-order valence-corrected chi connectivity index (χ3v) is 5.32. The minimum atomic E-state index is -0.703. The maximum absolute atomic E-state index is 11.4. The molecule has 2 unspecified atom stereocenters. The molecule has 1 N–H and O–H groups in total. The Kier molecular flexibility index (Phi) is 5.59. The van der Waals surface area contributed by atoms with Gasteiger partial charge >= 0.3 is 5.97 Å². The maximum atomic E-state index is 11.4. The molecule has 3 rings (SSSR count). The van der Waals surface area contributed by atoms with Crippen LogP contribution >= 0.6 is 27.5 Å². The van der Waals surface area contributed by atoms with Crippen molar-refractivity contribution in [2.75, 3.05) is 13.1 Å². The summed E-state index contributed by atoms with van der Waals surface area (Å²) < 4.78 is 1.03. The first-order valence-electron chi connectivity index (χ1n) is 8.02. The van der Waals surface area contributed by atoms with Crippen molar-refractivity contribution < 1.29 is 9.90 Å². The second kappa shape index (κ2) is 7.68. The predicted molar refractivity (Wildman–Crippen MR) is 99.4 cm³/mol. The molecule has 0 saturated carbocycles. The lowest BCUT2D eigenvalue weighted by molar-refractivity contribution is -0.143. The van der Waals surface area contributed by atoms with E-state index >= 15 is 0 Å². The summed E-state index contributed by atoms with van der Waals surface area (Å²) in [4.78, 5) is 13.7. The highest BCUT2D eigenvalue weighted by Gasteiger charge is 2.31. The van der Waals surface area contributed by atoms with Gasteiger partial charge in [0, 0.05) is 16.0 Å². The van der Waals surface area contributed by atoms with E-state index in [1.165, 1.54) is 0 Å². The summed E-state index contributed by atoms with van der Waals surface area (Å²) in [6.45, 7) is 1.46. The van der Waals surface area contributed by atoms with Crippen LogP contribution in [0.5, 0.6) is 0 Å². The molecule has 0 aliphatic carbocycles. The number of benzene rings is 2. The van der Waals surface area contributed by atoms with E-state index in [1.54, 1.807) is 0 Å². The van der Waals surface area contributed by atoms with Gasteiger partial charge in [-0.1, -0.05) is 51.8 Å². The Morgan fingerprint density at radius 3 is 2.29 bits per heavy atom. The summed E-state index contributed by atoms with van der Waals surface area (Å²) in [6, 6.07) is 16.1. The van der Waals surface area contributed by atoms with E-state index in [1.807, 2.05) is 36.4 Å². The van der Waals surface area contributed by atoms with Gasteiger partial charge in [-0.05, 0) is 54.8 Å². The summed E-state index contributed by atoms with van der Waals surface area (Å²) in [6.07, 6.45) is 1.65. The molecule has 1 aliphatic heterocycles. The van der Waals surface area contributed by atoms with Gasteiger partial charge < -0.3 is 5.11 Å². The Bertz CT molecular complexity index is 657. The number of carboxylic acids is 1. The summed E-state index contributed by atoms with van der Waals surface area (Å²) in [5.41, 5.74) is 2.29. The van der Waals surface area contributed by atoms with Crippen LogP contribution in [0.4, 0.5) is 0 Å². The van der Waals surface area contributed by atoms with Crippen LogP contribution in [-0.2, 0) is 4.79 Å². The predicted octanol–water partition coefficient (Wildman–Crippen LogP) is 4.99. The number of hydrogen-bond acceptors (Lipinski definition) is 2. The molecule has 1 saturated heterocycles. The van der Waals surface area contributed by atoms with Gasteiger partial charge in [0.05, 0.1) is 12.0 Å². The van der Waals surface area contributed by atoms with Crippen molar-refractivity contribution in [3.05, 3.63) is 69.2 Å². The summed E-state index contributed by atoms with van der Waals surface area (Å²) in [5.74, 6) is -1.01. The number of piperidine rings is 1. The van der Waals surface area contributed by atoms with Crippen LogP contribution < -0.4 is 0 Å². The number of carboxylic acid groups (broad SMARTS) is 1. The monoisotopic (exact) mass is 407 g/mol. The number of rotatable bonds is 4. The highest BCUT2D eigenvalue weighted by molar-refractivity contribution is 9.10. The summed E-state index contributed by atoms with van der Waals surface area (Å²) >= 11 is 9.51. The molecule has 5 heteroatoms. The lowest BCUT2D eigenvalue weighted by Crippen LogP contribution is -2.41. The quantitative estimate of drug-likeness (QED) is 0.775. The van der Waals surface area contributed by atoms with Gasteiger partial charge in [0.1, 0.15) is 0 Å². The second-order valence-corrected chi connectivity index (χ2v) is 7.53. The number of hydrogen-bond donors (Lipinski definition) is 1. The average Bonchev–Trinajstić information content (AvgIpc) is 2.59. The van der Waals surface area contributed by atoms with Gasteiger partial charge in [0.2, 0.25) is 0 Å². The van der Waals surface area contributed by atoms with Crippen LogP contribution in [-0.4, -0.2) is 29.1 Å². The fraction of sp³-hybridized carbons (Fsp3) is 0.316. The molecule has 1 fully saturated rings. The van der Waals surface area contributed by atoms with E-state index < -0.39 is 5.97 Å². The lowest BCUT2D eigenvalue weighted by atomic mass is 9.91. The van der Waals surface area contributed by atoms with E-state index in [0.29, 0.717) is 11.6 Å². The number of aliphatic carboxylic acids is 1. The van der Waals surface area contributed by atoms with Gasteiger partial charge in [0.25, 0.3) is 0 Å². The molecule has 2 aromatic carbocycles. The molecule has 126 valence electrons.